The normalized spacial score (nSPS) is 15.7. The van der Waals surface area contributed by atoms with E-state index in [1.165, 1.54) is 5.56 Å². The predicted octanol–water partition coefficient (Wildman–Crippen LogP) is 3.18. The van der Waals surface area contributed by atoms with Crippen molar-refractivity contribution >= 4 is 27.7 Å². The first-order chi connectivity index (χ1) is 13.3. The molecule has 2 aromatic rings. The highest BCUT2D eigenvalue weighted by Gasteiger charge is 2.22. The average molecular weight is 401 g/mol. The van der Waals surface area contributed by atoms with Crippen molar-refractivity contribution in [2.45, 2.75) is 18.8 Å². The molecule has 1 heterocycles. The van der Waals surface area contributed by atoms with Crippen molar-refractivity contribution in [2.24, 2.45) is 0 Å². The number of phenolic OH excluding ortho intramolecular Hbond substituents is 1. The Hall–Kier alpha value is -2.80. The lowest BCUT2D eigenvalue weighted by atomic mass is 9.89. The van der Waals surface area contributed by atoms with Crippen molar-refractivity contribution in [3.8, 4) is 5.75 Å². The standard InChI is InChI=1S/C21H24N2O4S/c1-28(26,27)22-19-7-2-16(3-8-19)4-11-21(25)23-14-12-18(13-15-23)17-5-9-20(24)10-6-17/h2-11,18,22,24H,12-15H2,1H3/b11-4+. The summed E-state index contributed by atoms with van der Waals surface area (Å²) in [6, 6.07) is 14.1. The van der Waals surface area contributed by atoms with Crippen LogP contribution >= 0.6 is 0 Å². The molecule has 1 amide bonds. The number of amides is 1. The number of anilines is 1. The number of aromatic hydroxyl groups is 1. The molecule has 148 valence electrons. The molecule has 0 bridgehead atoms. The summed E-state index contributed by atoms with van der Waals surface area (Å²) in [5.41, 5.74) is 2.51. The van der Waals surface area contributed by atoms with Gasteiger partial charge in [0, 0.05) is 24.9 Å². The van der Waals surface area contributed by atoms with Crippen LogP contribution in [0.25, 0.3) is 6.08 Å². The minimum Gasteiger partial charge on any atom is -0.508 e. The summed E-state index contributed by atoms with van der Waals surface area (Å²) in [7, 11) is -3.30. The van der Waals surface area contributed by atoms with E-state index in [-0.39, 0.29) is 11.7 Å². The van der Waals surface area contributed by atoms with E-state index in [2.05, 4.69) is 4.72 Å². The summed E-state index contributed by atoms with van der Waals surface area (Å²) in [6.07, 6.45) is 6.19. The molecule has 0 unspecified atom stereocenters. The van der Waals surface area contributed by atoms with Crippen LogP contribution in [-0.2, 0) is 14.8 Å². The van der Waals surface area contributed by atoms with Crippen LogP contribution in [0.1, 0.15) is 29.9 Å². The Morgan fingerprint density at radius 2 is 1.68 bits per heavy atom. The van der Waals surface area contributed by atoms with E-state index >= 15 is 0 Å². The van der Waals surface area contributed by atoms with Crippen LogP contribution in [0.5, 0.6) is 5.75 Å². The van der Waals surface area contributed by atoms with Gasteiger partial charge in [0.25, 0.3) is 0 Å². The lowest BCUT2D eigenvalue weighted by Gasteiger charge is -2.31. The number of hydrogen-bond donors (Lipinski definition) is 2. The topological polar surface area (TPSA) is 86.7 Å². The second kappa shape index (κ2) is 8.48. The first-order valence-corrected chi connectivity index (χ1v) is 11.0. The average Bonchev–Trinajstić information content (AvgIpc) is 2.67. The summed E-state index contributed by atoms with van der Waals surface area (Å²) < 4.78 is 24.8. The van der Waals surface area contributed by atoms with Crippen molar-refractivity contribution < 1.29 is 18.3 Å². The summed E-state index contributed by atoms with van der Waals surface area (Å²) in [5.74, 6) is 0.646. The fourth-order valence-corrected chi connectivity index (χ4v) is 3.89. The number of carbonyl (C=O) groups excluding carboxylic acids is 1. The Labute approximate surface area is 165 Å². The molecule has 0 aromatic heterocycles. The maximum Gasteiger partial charge on any atom is 0.246 e. The Kier molecular flexibility index (Phi) is 6.04. The van der Waals surface area contributed by atoms with Crippen LogP contribution < -0.4 is 4.72 Å². The molecule has 0 aliphatic carbocycles. The SMILES string of the molecule is CS(=O)(=O)Nc1ccc(/C=C/C(=O)N2CCC(c3ccc(O)cc3)CC2)cc1. The van der Waals surface area contributed by atoms with Crippen molar-refractivity contribution in [1.29, 1.82) is 0 Å². The van der Waals surface area contributed by atoms with Gasteiger partial charge in [0.05, 0.1) is 6.26 Å². The monoisotopic (exact) mass is 400 g/mol. The van der Waals surface area contributed by atoms with Gasteiger partial charge in [-0.15, -0.1) is 0 Å². The molecular weight excluding hydrogens is 376 g/mol. The summed E-state index contributed by atoms with van der Waals surface area (Å²) in [4.78, 5) is 14.3. The number of sulfonamides is 1. The summed E-state index contributed by atoms with van der Waals surface area (Å²) in [6.45, 7) is 1.40. The van der Waals surface area contributed by atoms with Gasteiger partial charge in [-0.25, -0.2) is 8.42 Å². The maximum absolute atomic E-state index is 12.4. The fourth-order valence-electron chi connectivity index (χ4n) is 3.33. The summed E-state index contributed by atoms with van der Waals surface area (Å²) >= 11 is 0. The van der Waals surface area contributed by atoms with Crippen LogP contribution in [-0.4, -0.2) is 43.7 Å². The van der Waals surface area contributed by atoms with Crippen molar-refractivity contribution in [2.75, 3.05) is 24.1 Å². The number of benzene rings is 2. The quantitative estimate of drug-likeness (QED) is 0.755. The largest absolute Gasteiger partial charge is 0.508 e. The van der Waals surface area contributed by atoms with Gasteiger partial charge in [0.1, 0.15) is 5.75 Å². The number of likely N-dealkylation sites (tertiary alicyclic amines) is 1. The molecule has 0 atom stereocenters. The van der Waals surface area contributed by atoms with Gasteiger partial charge in [-0.1, -0.05) is 24.3 Å². The van der Waals surface area contributed by atoms with Crippen molar-refractivity contribution in [3.63, 3.8) is 0 Å². The van der Waals surface area contributed by atoms with Crippen molar-refractivity contribution in [3.05, 3.63) is 65.7 Å². The predicted molar refractivity (Wildman–Crippen MR) is 111 cm³/mol. The number of rotatable bonds is 5. The van der Waals surface area contributed by atoms with E-state index < -0.39 is 10.0 Å². The zero-order valence-electron chi connectivity index (χ0n) is 15.7. The smallest absolute Gasteiger partial charge is 0.246 e. The van der Waals surface area contributed by atoms with Crippen LogP contribution in [0.2, 0.25) is 0 Å². The molecule has 28 heavy (non-hydrogen) atoms. The molecule has 0 spiro atoms. The van der Waals surface area contributed by atoms with Gasteiger partial charge in [0.15, 0.2) is 0 Å². The van der Waals surface area contributed by atoms with E-state index in [0.717, 1.165) is 24.7 Å². The van der Waals surface area contributed by atoms with Crippen LogP contribution in [0.4, 0.5) is 5.69 Å². The molecular formula is C21H24N2O4S. The molecule has 7 heteroatoms. The van der Waals surface area contributed by atoms with Gasteiger partial charge in [-0.3, -0.25) is 9.52 Å². The fraction of sp³-hybridized carbons (Fsp3) is 0.286. The third-order valence-electron chi connectivity index (χ3n) is 4.80. The van der Waals surface area contributed by atoms with Crippen LogP contribution in [0, 0.1) is 0 Å². The van der Waals surface area contributed by atoms with E-state index in [1.54, 1.807) is 48.6 Å². The van der Waals surface area contributed by atoms with E-state index in [4.69, 9.17) is 0 Å². The number of hydrogen-bond acceptors (Lipinski definition) is 4. The maximum atomic E-state index is 12.4. The Balaban J connectivity index is 1.53. The molecule has 3 rings (SSSR count). The first kappa shape index (κ1) is 19.9. The molecule has 6 nitrogen and oxygen atoms in total. The number of piperidine rings is 1. The van der Waals surface area contributed by atoms with Gasteiger partial charge < -0.3 is 10.0 Å². The highest BCUT2D eigenvalue weighted by Crippen LogP contribution is 2.29. The number of nitrogens with one attached hydrogen (secondary N) is 1. The number of phenols is 1. The van der Waals surface area contributed by atoms with Gasteiger partial charge in [-0.05, 0) is 60.2 Å². The second-order valence-corrected chi connectivity index (χ2v) is 8.77. The summed E-state index contributed by atoms with van der Waals surface area (Å²) in [5, 5.41) is 9.40. The molecule has 1 aliphatic heterocycles. The van der Waals surface area contributed by atoms with Crippen LogP contribution in [0.3, 0.4) is 0 Å². The van der Waals surface area contributed by atoms with Gasteiger partial charge in [-0.2, -0.15) is 0 Å². The third kappa shape index (κ3) is 5.60. The van der Waals surface area contributed by atoms with Crippen LogP contribution in [0.15, 0.2) is 54.6 Å². The lowest BCUT2D eigenvalue weighted by Crippen LogP contribution is -2.36. The van der Waals surface area contributed by atoms with Crippen molar-refractivity contribution in [1.82, 2.24) is 4.90 Å². The highest BCUT2D eigenvalue weighted by atomic mass is 32.2. The molecule has 0 radical (unpaired) electrons. The third-order valence-corrected chi connectivity index (χ3v) is 5.41. The van der Waals surface area contributed by atoms with E-state index in [9.17, 15) is 18.3 Å². The molecule has 1 aliphatic rings. The van der Waals surface area contributed by atoms with E-state index in [1.807, 2.05) is 17.0 Å². The minimum atomic E-state index is -3.30. The molecule has 0 saturated carbocycles. The molecule has 1 fully saturated rings. The zero-order chi connectivity index (χ0) is 20.1. The Morgan fingerprint density at radius 3 is 2.25 bits per heavy atom. The Morgan fingerprint density at radius 1 is 1.07 bits per heavy atom. The minimum absolute atomic E-state index is 0.0255. The first-order valence-electron chi connectivity index (χ1n) is 9.14. The van der Waals surface area contributed by atoms with Gasteiger partial charge >= 0.3 is 0 Å². The van der Waals surface area contributed by atoms with E-state index in [0.29, 0.717) is 24.7 Å². The molecule has 2 aromatic carbocycles. The molecule has 2 N–H and O–H groups in total. The highest BCUT2D eigenvalue weighted by molar-refractivity contribution is 7.92. The van der Waals surface area contributed by atoms with Gasteiger partial charge in [0.2, 0.25) is 15.9 Å². The number of carbonyl (C=O) groups is 1. The lowest BCUT2D eigenvalue weighted by molar-refractivity contribution is -0.126. The second-order valence-electron chi connectivity index (χ2n) is 7.02. The molecule has 1 saturated heterocycles. The number of nitrogens with zero attached hydrogens (tertiary/aromatic N) is 1. The Bertz CT molecular complexity index is 943. The zero-order valence-corrected chi connectivity index (χ0v) is 16.5.